The molecule has 3 aliphatic carbocycles. The van der Waals surface area contributed by atoms with Gasteiger partial charge in [0.25, 0.3) is 0 Å². The summed E-state index contributed by atoms with van der Waals surface area (Å²) in [4.78, 5) is 16.1. The molecule has 0 spiro atoms. The number of nitrogens with zero attached hydrogens (tertiary/aromatic N) is 1. The summed E-state index contributed by atoms with van der Waals surface area (Å²) >= 11 is 0. The van der Waals surface area contributed by atoms with Crippen molar-refractivity contribution in [3.05, 3.63) is 64.2 Å². The van der Waals surface area contributed by atoms with E-state index in [2.05, 4.69) is 35.3 Å². The lowest BCUT2D eigenvalue weighted by Crippen LogP contribution is -2.69. The second-order valence-corrected chi connectivity index (χ2v) is 11.7. The number of ether oxygens (including phenoxy) is 1. The number of likely N-dealkylation sites (tertiary alicyclic amines) is 1. The van der Waals surface area contributed by atoms with Crippen LogP contribution in [0.15, 0.2) is 36.4 Å². The Morgan fingerprint density at radius 1 is 1.17 bits per heavy atom. The molecule has 4 atom stereocenters. The van der Waals surface area contributed by atoms with Crippen LogP contribution in [-0.4, -0.2) is 47.8 Å². The maximum atomic E-state index is 13.5. The molecule has 2 bridgehead atoms. The van der Waals surface area contributed by atoms with Crippen molar-refractivity contribution in [2.75, 3.05) is 20.2 Å². The van der Waals surface area contributed by atoms with Crippen LogP contribution < -0.4 is 10.1 Å². The van der Waals surface area contributed by atoms with E-state index < -0.39 is 5.60 Å². The normalized spacial score (nSPS) is 31.5. The van der Waals surface area contributed by atoms with Gasteiger partial charge in [0.2, 0.25) is 5.91 Å². The molecule has 2 saturated carbocycles. The molecule has 5 nitrogen and oxygen atoms in total. The predicted molar refractivity (Wildman–Crippen MR) is 137 cm³/mol. The highest BCUT2D eigenvalue weighted by atomic mass is 16.5. The summed E-state index contributed by atoms with van der Waals surface area (Å²) in [6.07, 6.45) is 5.75. The van der Waals surface area contributed by atoms with E-state index >= 15 is 0 Å². The van der Waals surface area contributed by atoms with Gasteiger partial charge >= 0.3 is 0 Å². The van der Waals surface area contributed by atoms with Crippen LogP contribution in [0.3, 0.4) is 0 Å². The number of methoxy groups -OCH3 is 1. The Labute approximate surface area is 208 Å². The van der Waals surface area contributed by atoms with Crippen LogP contribution in [-0.2, 0) is 23.2 Å². The minimum Gasteiger partial charge on any atom is -0.497 e. The summed E-state index contributed by atoms with van der Waals surface area (Å²) in [5.41, 5.74) is 4.96. The zero-order chi connectivity index (χ0) is 24.4. The lowest BCUT2D eigenvalue weighted by Gasteiger charge is -2.59. The average Bonchev–Trinajstić information content (AvgIpc) is 3.59. The molecule has 0 radical (unpaired) electrons. The number of amides is 1. The van der Waals surface area contributed by atoms with E-state index in [-0.39, 0.29) is 23.3 Å². The fraction of sp³-hybridized carbons (Fsp3) is 0.567. The van der Waals surface area contributed by atoms with Crippen LogP contribution >= 0.6 is 0 Å². The second-order valence-electron chi connectivity index (χ2n) is 11.7. The Morgan fingerprint density at radius 3 is 2.74 bits per heavy atom. The maximum Gasteiger partial charge on any atom is 0.223 e. The number of nitrogens with one attached hydrogen (secondary N) is 1. The molecule has 1 amide bonds. The van der Waals surface area contributed by atoms with Gasteiger partial charge in [0.1, 0.15) is 5.75 Å². The molecule has 1 unspecified atom stereocenters. The third-order valence-corrected chi connectivity index (χ3v) is 9.56. The summed E-state index contributed by atoms with van der Waals surface area (Å²) in [7, 11) is 1.67. The number of aliphatic hydroxyl groups is 1. The van der Waals surface area contributed by atoms with E-state index in [0.717, 1.165) is 55.1 Å². The third-order valence-electron chi connectivity index (χ3n) is 9.56. The molecule has 4 aliphatic rings. The van der Waals surface area contributed by atoms with Gasteiger partial charge in [0.15, 0.2) is 0 Å². The van der Waals surface area contributed by atoms with E-state index in [1.54, 1.807) is 7.11 Å². The Balaban J connectivity index is 1.27. The topological polar surface area (TPSA) is 61.8 Å². The van der Waals surface area contributed by atoms with Crippen LogP contribution in [0.2, 0.25) is 0 Å². The quantitative estimate of drug-likeness (QED) is 0.663. The highest BCUT2D eigenvalue weighted by Crippen LogP contribution is 2.61. The summed E-state index contributed by atoms with van der Waals surface area (Å²) in [6, 6.07) is 12.9. The van der Waals surface area contributed by atoms with Crippen LogP contribution in [0.4, 0.5) is 0 Å². The van der Waals surface area contributed by atoms with Crippen LogP contribution in [0.1, 0.15) is 59.9 Å². The van der Waals surface area contributed by atoms with Crippen molar-refractivity contribution in [1.29, 1.82) is 0 Å². The molecule has 5 heteroatoms. The first-order chi connectivity index (χ1) is 16.8. The third kappa shape index (κ3) is 3.70. The molecular weight excluding hydrogens is 436 g/mol. The zero-order valence-corrected chi connectivity index (χ0v) is 21.3. The van der Waals surface area contributed by atoms with Crippen molar-refractivity contribution < 1.29 is 14.6 Å². The molecule has 35 heavy (non-hydrogen) atoms. The number of fused-ring (bicyclic) bond motifs is 1. The molecule has 1 aliphatic heterocycles. The molecule has 2 aromatic carbocycles. The summed E-state index contributed by atoms with van der Waals surface area (Å²) in [5, 5.41) is 15.7. The first kappa shape index (κ1) is 23.1. The van der Waals surface area contributed by atoms with Crippen molar-refractivity contribution in [3.8, 4) is 5.75 Å². The lowest BCUT2D eigenvalue weighted by atomic mass is 9.56. The maximum absolute atomic E-state index is 13.5. The summed E-state index contributed by atoms with van der Waals surface area (Å²) in [5.74, 6) is 1.52. The van der Waals surface area contributed by atoms with E-state index in [4.69, 9.17) is 4.74 Å². The summed E-state index contributed by atoms with van der Waals surface area (Å²) in [6.45, 7) is 6.81. The van der Waals surface area contributed by atoms with E-state index in [1.807, 2.05) is 25.1 Å². The summed E-state index contributed by atoms with van der Waals surface area (Å²) < 4.78 is 5.32. The van der Waals surface area contributed by atoms with E-state index in [0.29, 0.717) is 13.0 Å². The molecule has 186 valence electrons. The van der Waals surface area contributed by atoms with Crippen molar-refractivity contribution >= 4 is 5.91 Å². The van der Waals surface area contributed by atoms with Gasteiger partial charge in [0.05, 0.1) is 12.7 Å². The highest BCUT2D eigenvalue weighted by Gasteiger charge is 2.68. The number of carbonyl (C=O) groups is 1. The first-order valence-electron chi connectivity index (χ1n) is 13.3. The van der Waals surface area contributed by atoms with Gasteiger partial charge in [-0.15, -0.1) is 0 Å². The molecular formula is C30H38N2O3. The van der Waals surface area contributed by atoms with Crippen molar-refractivity contribution in [1.82, 2.24) is 10.2 Å². The number of hydrogen-bond acceptors (Lipinski definition) is 4. The Morgan fingerprint density at radius 2 is 2.00 bits per heavy atom. The number of piperidine rings is 1. The first-order valence-corrected chi connectivity index (χ1v) is 13.3. The van der Waals surface area contributed by atoms with Crippen LogP contribution in [0, 0.1) is 25.7 Å². The van der Waals surface area contributed by atoms with Crippen LogP contribution in [0.5, 0.6) is 5.75 Å². The number of hydrogen-bond donors (Lipinski definition) is 2. The van der Waals surface area contributed by atoms with Gasteiger partial charge in [-0.25, -0.2) is 0 Å². The Kier molecular flexibility index (Phi) is 5.50. The van der Waals surface area contributed by atoms with Gasteiger partial charge in [-0.1, -0.05) is 29.8 Å². The standard InChI is InChI=1S/C30H38N2O3/c1-19-4-7-22-14-27-30(34)16-24(28(33)31-17-23-8-9-25(35-3)13-20(23)2)15-29(30,26(22)12-19)10-11-32(27)18-21-5-6-21/h4,7-9,12-13,21,24,27,34H,5-6,10-11,14-18H2,1-3H3,(H,31,33)/t24?,27-,29-,30-/m1/s1. The molecule has 6 rings (SSSR count). The van der Waals surface area contributed by atoms with Gasteiger partial charge in [-0.3, -0.25) is 9.69 Å². The molecule has 2 N–H and O–H groups in total. The zero-order valence-electron chi connectivity index (χ0n) is 21.3. The molecule has 0 aromatic heterocycles. The molecule has 1 heterocycles. The van der Waals surface area contributed by atoms with Crippen LogP contribution in [0.25, 0.3) is 0 Å². The minimum atomic E-state index is -0.848. The average molecular weight is 475 g/mol. The van der Waals surface area contributed by atoms with Crippen molar-refractivity contribution in [2.45, 2.75) is 76.0 Å². The van der Waals surface area contributed by atoms with E-state index in [1.165, 1.54) is 29.5 Å². The monoisotopic (exact) mass is 474 g/mol. The SMILES string of the molecule is COc1ccc(CNC(=O)C2C[C@]34CCN(CC5CC5)[C@H](Cc5ccc(C)cc53)[C@]4(O)C2)c(C)c1. The van der Waals surface area contributed by atoms with Gasteiger partial charge in [-0.2, -0.15) is 0 Å². The van der Waals surface area contributed by atoms with Gasteiger partial charge < -0.3 is 15.2 Å². The second kappa shape index (κ2) is 8.35. The number of aryl methyl sites for hydroxylation is 2. The smallest absolute Gasteiger partial charge is 0.223 e. The number of carbonyl (C=O) groups excluding carboxylic acids is 1. The largest absolute Gasteiger partial charge is 0.497 e. The number of rotatable bonds is 6. The highest BCUT2D eigenvalue weighted by molar-refractivity contribution is 5.80. The van der Waals surface area contributed by atoms with Gasteiger partial charge in [-0.05, 0) is 99.2 Å². The molecule has 3 fully saturated rings. The predicted octanol–water partition coefficient (Wildman–Crippen LogP) is 4.05. The number of benzene rings is 2. The minimum absolute atomic E-state index is 0.0750. The lowest BCUT2D eigenvalue weighted by molar-refractivity contribution is -0.134. The Bertz CT molecular complexity index is 1160. The Hall–Kier alpha value is -2.37. The molecule has 2 aromatic rings. The molecule has 1 saturated heterocycles. The fourth-order valence-electron chi connectivity index (χ4n) is 7.46. The van der Waals surface area contributed by atoms with E-state index in [9.17, 15) is 9.90 Å². The fourth-order valence-corrected chi connectivity index (χ4v) is 7.46. The van der Waals surface area contributed by atoms with Crippen molar-refractivity contribution in [2.24, 2.45) is 11.8 Å². The van der Waals surface area contributed by atoms with Crippen molar-refractivity contribution in [3.63, 3.8) is 0 Å². The van der Waals surface area contributed by atoms with Gasteiger partial charge in [0, 0.05) is 30.5 Å².